The molecular weight excluding hydrogens is 292 g/mol. The van der Waals surface area contributed by atoms with Gasteiger partial charge in [0.25, 0.3) is 5.91 Å². The molecule has 116 valence electrons. The molecule has 1 atom stereocenters. The molecule has 0 aliphatic heterocycles. The molecule has 6 nitrogen and oxygen atoms in total. The van der Waals surface area contributed by atoms with Gasteiger partial charge in [0.1, 0.15) is 5.75 Å². The quantitative estimate of drug-likeness (QED) is 0.787. The Balaban J connectivity index is 1.73. The topological polar surface area (TPSA) is 69.0 Å². The molecule has 0 bridgehead atoms. The van der Waals surface area contributed by atoms with Crippen molar-refractivity contribution < 1.29 is 9.53 Å². The van der Waals surface area contributed by atoms with Crippen molar-refractivity contribution in [2.75, 3.05) is 5.32 Å². The van der Waals surface area contributed by atoms with E-state index in [1.54, 1.807) is 48.4 Å². The van der Waals surface area contributed by atoms with Crippen LogP contribution in [0.2, 0.25) is 0 Å². The summed E-state index contributed by atoms with van der Waals surface area (Å²) in [5.74, 6) is 0.946. The van der Waals surface area contributed by atoms with Crippen LogP contribution in [0.4, 0.5) is 5.69 Å². The summed E-state index contributed by atoms with van der Waals surface area (Å²) in [6, 6.07) is 14.5. The third-order valence-electron chi connectivity index (χ3n) is 3.19. The number of anilines is 1. The molecule has 1 N–H and O–H groups in total. The number of carbonyl (C=O) groups excluding carboxylic acids is 1. The van der Waals surface area contributed by atoms with Gasteiger partial charge < -0.3 is 10.1 Å². The van der Waals surface area contributed by atoms with Crippen molar-refractivity contribution in [2.45, 2.75) is 13.0 Å². The summed E-state index contributed by atoms with van der Waals surface area (Å²) in [5, 5.41) is 6.97. The molecule has 0 fully saturated rings. The zero-order valence-corrected chi connectivity index (χ0v) is 12.6. The van der Waals surface area contributed by atoms with E-state index in [2.05, 4.69) is 15.4 Å². The van der Waals surface area contributed by atoms with Gasteiger partial charge in [-0.1, -0.05) is 18.2 Å². The van der Waals surface area contributed by atoms with Crippen LogP contribution in [0.5, 0.6) is 5.75 Å². The number of pyridine rings is 1. The highest BCUT2D eigenvalue weighted by Crippen LogP contribution is 2.17. The molecule has 1 amide bonds. The van der Waals surface area contributed by atoms with Crippen LogP contribution in [0, 0.1) is 0 Å². The molecule has 3 aromatic rings. The molecule has 6 heteroatoms. The summed E-state index contributed by atoms with van der Waals surface area (Å²) in [6.07, 6.45) is 4.43. The Kier molecular flexibility index (Phi) is 4.33. The van der Waals surface area contributed by atoms with E-state index >= 15 is 0 Å². The summed E-state index contributed by atoms with van der Waals surface area (Å²) in [5.41, 5.74) is 0.574. The van der Waals surface area contributed by atoms with Gasteiger partial charge in [-0.25, -0.2) is 9.67 Å². The van der Waals surface area contributed by atoms with Gasteiger partial charge in [-0.05, 0) is 37.3 Å². The first-order valence-electron chi connectivity index (χ1n) is 7.21. The lowest BCUT2D eigenvalue weighted by Crippen LogP contribution is -2.30. The fourth-order valence-corrected chi connectivity index (χ4v) is 2.06. The van der Waals surface area contributed by atoms with Gasteiger partial charge in [-0.3, -0.25) is 4.79 Å². The largest absolute Gasteiger partial charge is 0.481 e. The molecule has 0 saturated heterocycles. The van der Waals surface area contributed by atoms with E-state index < -0.39 is 6.10 Å². The summed E-state index contributed by atoms with van der Waals surface area (Å²) in [6.45, 7) is 1.70. The maximum absolute atomic E-state index is 12.3. The predicted octanol–water partition coefficient (Wildman–Crippen LogP) is 2.67. The van der Waals surface area contributed by atoms with Crippen molar-refractivity contribution in [1.29, 1.82) is 0 Å². The number of ether oxygens (including phenoxy) is 1. The molecular formula is C17H16N4O2. The van der Waals surface area contributed by atoms with Crippen LogP contribution in [0.1, 0.15) is 6.92 Å². The highest BCUT2D eigenvalue weighted by Gasteiger charge is 2.17. The molecule has 0 unspecified atom stereocenters. The molecule has 0 saturated carbocycles. The zero-order valence-electron chi connectivity index (χ0n) is 12.6. The van der Waals surface area contributed by atoms with Gasteiger partial charge in [0.05, 0.1) is 5.69 Å². The smallest absolute Gasteiger partial charge is 0.265 e. The minimum atomic E-state index is -0.636. The fourth-order valence-electron chi connectivity index (χ4n) is 2.06. The number of amides is 1. The molecule has 2 heterocycles. The summed E-state index contributed by atoms with van der Waals surface area (Å²) >= 11 is 0. The van der Waals surface area contributed by atoms with Crippen molar-refractivity contribution in [3.05, 3.63) is 67.1 Å². The molecule has 0 spiro atoms. The first-order valence-corrected chi connectivity index (χ1v) is 7.21. The molecule has 3 rings (SSSR count). The summed E-state index contributed by atoms with van der Waals surface area (Å²) in [4.78, 5) is 16.6. The second-order valence-electron chi connectivity index (χ2n) is 4.89. The van der Waals surface area contributed by atoms with E-state index in [-0.39, 0.29) is 5.91 Å². The average Bonchev–Trinajstić information content (AvgIpc) is 3.10. The lowest BCUT2D eigenvalue weighted by atomic mass is 10.3. The monoisotopic (exact) mass is 308 g/mol. The number of carbonyl (C=O) groups is 1. The van der Waals surface area contributed by atoms with Crippen LogP contribution in [0.3, 0.4) is 0 Å². The maximum Gasteiger partial charge on any atom is 0.265 e. The third kappa shape index (κ3) is 3.55. The summed E-state index contributed by atoms with van der Waals surface area (Å²) < 4.78 is 7.22. The Labute approximate surface area is 133 Å². The highest BCUT2D eigenvalue weighted by atomic mass is 16.5. The lowest BCUT2D eigenvalue weighted by Gasteiger charge is -2.16. The Hall–Kier alpha value is -3.15. The number of aromatic nitrogens is 3. The summed E-state index contributed by atoms with van der Waals surface area (Å²) in [7, 11) is 0. The number of para-hydroxylation sites is 1. The predicted molar refractivity (Wildman–Crippen MR) is 86.5 cm³/mol. The number of rotatable bonds is 5. The number of hydrogen-bond donors (Lipinski definition) is 1. The van der Waals surface area contributed by atoms with E-state index in [0.29, 0.717) is 17.3 Å². The molecule has 0 radical (unpaired) electrons. The number of benzene rings is 1. The van der Waals surface area contributed by atoms with Crippen LogP contribution < -0.4 is 10.1 Å². The lowest BCUT2D eigenvalue weighted by molar-refractivity contribution is -0.122. The minimum Gasteiger partial charge on any atom is -0.481 e. The molecule has 0 aliphatic rings. The third-order valence-corrected chi connectivity index (χ3v) is 3.19. The van der Waals surface area contributed by atoms with E-state index in [1.807, 2.05) is 30.3 Å². The van der Waals surface area contributed by atoms with Gasteiger partial charge in [-0.15, -0.1) is 0 Å². The Morgan fingerprint density at radius 2 is 1.96 bits per heavy atom. The average molecular weight is 308 g/mol. The highest BCUT2D eigenvalue weighted by molar-refractivity contribution is 5.95. The van der Waals surface area contributed by atoms with Crippen LogP contribution in [0.25, 0.3) is 5.82 Å². The molecule has 0 aliphatic carbocycles. The number of hydrogen-bond acceptors (Lipinski definition) is 4. The second-order valence-corrected chi connectivity index (χ2v) is 4.89. The Morgan fingerprint density at radius 3 is 2.70 bits per heavy atom. The van der Waals surface area contributed by atoms with Crippen molar-refractivity contribution in [3.63, 3.8) is 0 Å². The molecule has 1 aromatic carbocycles. The van der Waals surface area contributed by atoms with Gasteiger partial charge in [0.15, 0.2) is 11.9 Å². The first-order chi connectivity index (χ1) is 11.2. The van der Waals surface area contributed by atoms with Gasteiger partial charge in [0.2, 0.25) is 0 Å². The molecule has 23 heavy (non-hydrogen) atoms. The van der Waals surface area contributed by atoms with Crippen LogP contribution >= 0.6 is 0 Å². The van der Waals surface area contributed by atoms with Gasteiger partial charge >= 0.3 is 0 Å². The standard InChI is InChI=1S/C17H16N4O2/c1-13(23-14-7-3-2-4-8-14)17(22)20-15-9-5-10-18-16(15)21-12-6-11-19-21/h2-13H,1H3,(H,20,22)/t13-/m0/s1. The van der Waals surface area contributed by atoms with Gasteiger partial charge in [0, 0.05) is 18.6 Å². The van der Waals surface area contributed by atoms with Crippen molar-refractivity contribution in [3.8, 4) is 11.6 Å². The van der Waals surface area contributed by atoms with Crippen molar-refractivity contribution in [1.82, 2.24) is 14.8 Å². The fraction of sp³-hybridized carbons (Fsp3) is 0.118. The van der Waals surface area contributed by atoms with Crippen LogP contribution in [-0.2, 0) is 4.79 Å². The number of nitrogens with zero attached hydrogens (tertiary/aromatic N) is 3. The van der Waals surface area contributed by atoms with E-state index in [0.717, 1.165) is 0 Å². The second kappa shape index (κ2) is 6.74. The van der Waals surface area contributed by atoms with E-state index in [1.165, 1.54) is 0 Å². The zero-order chi connectivity index (χ0) is 16.1. The van der Waals surface area contributed by atoms with Crippen LogP contribution in [0.15, 0.2) is 67.1 Å². The van der Waals surface area contributed by atoms with Crippen LogP contribution in [-0.4, -0.2) is 26.8 Å². The van der Waals surface area contributed by atoms with E-state index in [4.69, 9.17) is 4.74 Å². The first kappa shape index (κ1) is 14.8. The Bertz CT molecular complexity index is 772. The SMILES string of the molecule is C[C@H](Oc1ccccc1)C(=O)Nc1cccnc1-n1cccn1. The minimum absolute atomic E-state index is 0.254. The van der Waals surface area contributed by atoms with E-state index in [9.17, 15) is 4.79 Å². The maximum atomic E-state index is 12.3. The Morgan fingerprint density at radius 1 is 1.13 bits per heavy atom. The van der Waals surface area contributed by atoms with Gasteiger partial charge in [-0.2, -0.15) is 5.10 Å². The van der Waals surface area contributed by atoms with Crippen molar-refractivity contribution in [2.24, 2.45) is 0 Å². The normalized spacial score (nSPS) is 11.7. The number of nitrogens with one attached hydrogen (secondary N) is 1. The van der Waals surface area contributed by atoms with Crippen molar-refractivity contribution >= 4 is 11.6 Å². The molecule has 2 aromatic heterocycles.